The van der Waals surface area contributed by atoms with E-state index in [0.717, 1.165) is 0 Å². The molecule has 0 N–H and O–H groups in total. The lowest BCUT2D eigenvalue weighted by Gasteiger charge is -2.10. The standard InChI is InChI=1S/C7H2F5IN2O3/c8-6(9)5-4(13)2(15(16)17)1-3(14-5)18-7(10,11)12/h1,6H. The molecule has 11 heteroatoms. The van der Waals surface area contributed by atoms with Gasteiger partial charge in [-0.05, 0) is 22.6 Å². The Hall–Kier alpha value is -1.27. The third-order valence-electron chi connectivity index (χ3n) is 1.56. The van der Waals surface area contributed by atoms with Crippen molar-refractivity contribution in [3.8, 4) is 5.88 Å². The second kappa shape index (κ2) is 5.16. The summed E-state index contributed by atoms with van der Waals surface area (Å²) in [6.45, 7) is 0. The number of nitro groups is 1. The maximum Gasteiger partial charge on any atom is 0.574 e. The van der Waals surface area contributed by atoms with Crippen LogP contribution in [0.15, 0.2) is 6.07 Å². The zero-order chi connectivity index (χ0) is 14.1. The monoisotopic (exact) mass is 384 g/mol. The minimum atomic E-state index is -5.17. The minimum absolute atomic E-state index is 0.334. The Kier molecular flexibility index (Phi) is 4.24. The topological polar surface area (TPSA) is 65.3 Å². The molecular weight excluding hydrogens is 382 g/mol. The largest absolute Gasteiger partial charge is 0.574 e. The molecule has 100 valence electrons. The molecule has 0 saturated carbocycles. The Morgan fingerprint density at radius 2 is 2.00 bits per heavy atom. The van der Waals surface area contributed by atoms with Crippen LogP contribution in [0.1, 0.15) is 12.1 Å². The van der Waals surface area contributed by atoms with Crippen molar-refractivity contribution in [3.05, 3.63) is 25.4 Å². The Balaban J connectivity index is 3.34. The van der Waals surface area contributed by atoms with E-state index in [2.05, 4.69) is 9.72 Å². The SMILES string of the molecule is O=[N+]([O-])c1cc(OC(F)(F)F)nc(C(F)F)c1I. The summed E-state index contributed by atoms with van der Waals surface area (Å²) in [7, 11) is 0. The second-order valence-corrected chi connectivity index (χ2v) is 3.86. The molecule has 0 fully saturated rings. The van der Waals surface area contributed by atoms with Gasteiger partial charge in [0.25, 0.3) is 12.1 Å². The number of pyridine rings is 1. The van der Waals surface area contributed by atoms with Crippen LogP contribution in [0, 0.1) is 13.7 Å². The highest BCUT2D eigenvalue weighted by Crippen LogP contribution is 2.34. The summed E-state index contributed by atoms with van der Waals surface area (Å²) in [5.74, 6) is -1.30. The Bertz CT molecular complexity index is 479. The van der Waals surface area contributed by atoms with Crippen LogP contribution in [0.25, 0.3) is 0 Å². The molecule has 0 amide bonds. The smallest absolute Gasteiger partial charge is 0.388 e. The highest BCUT2D eigenvalue weighted by Gasteiger charge is 2.34. The molecule has 18 heavy (non-hydrogen) atoms. The zero-order valence-electron chi connectivity index (χ0n) is 8.04. The van der Waals surface area contributed by atoms with E-state index in [9.17, 15) is 32.1 Å². The molecule has 0 bridgehead atoms. The molecule has 5 nitrogen and oxygen atoms in total. The van der Waals surface area contributed by atoms with Crippen LogP contribution in [0.5, 0.6) is 5.88 Å². The summed E-state index contributed by atoms with van der Waals surface area (Å²) < 4.78 is 63.3. The lowest BCUT2D eigenvalue weighted by molar-refractivity contribution is -0.386. The van der Waals surface area contributed by atoms with Gasteiger partial charge in [-0.25, -0.2) is 13.8 Å². The van der Waals surface area contributed by atoms with Crippen LogP contribution in [-0.4, -0.2) is 16.3 Å². The van der Waals surface area contributed by atoms with Crippen molar-refractivity contribution in [2.75, 3.05) is 0 Å². The zero-order valence-corrected chi connectivity index (χ0v) is 10.2. The molecule has 0 aliphatic carbocycles. The summed E-state index contributed by atoms with van der Waals surface area (Å²) in [5.41, 5.74) is -2.07. The number of nitrogens with zero attached hydrogens (tertiary/aromatic N) is 2. The van der Waals surface area contributed by atoms with Crippen molar-refractivity contribution < 1.29 is 31.6 Å². The first-order chi connectivity index (χ1) is 8.11. The van der Waals surface area contributed by atoms with Crippen molar-refractivity contribution in [1.29, 1.82) is 0 Å². The number of hydrogen-bond acceptors (Lipinski definition) is 4. The van der Waals surface area contributed by atoms with E-state index in [0.29, 0.717) is 6.07 Å². The molecule has 0 aliphatic rings. The molecule has 1 aromatic rings. The maximum absolute atomic E-state index is 12.5. The Morgan fingerprint density at radius 3 is 2.39 bits per heavy atom. The highest BCUT2D eigenvalue weighted by molar-refractivity contribution is 14.1. The normalized spacial score (nSPS) is 11.7. The predicted molar refractivity (Wildman–Crippen MR) is 55.2 cm³/mol. The number of rotatable bonds is 3. The van der Waals surface area contributed by atoms with Gasteiger partial charge in [0.1, 0.15) is 9.26 Å². The van der Waals surface area contributed by atoms with Gasteiger partial charge in [-0.2, -0.15) is 0 Å². The van der Waals surface area contributed by atoms with E-state index in [4.69, 9.17) is 0 Å². The number of aromatic nitrogens is 1. The van der Waals surface area contributed by atoms with Crippen molar-refractivity contribution in [3.63, 3.8) is 0 Å². The Morgan fingerprint density at radius 1 is 1.44 bits per heavy atom. The number of ether oxygens (including phenoxy) is 1. The van der Waals surface area contributed by atoms with E-state index in [1.165, 1.54) is 22.6 Å². The van der Waals surface area contributed by atoms with Gasteiger partial charge in [-0.3, -0.25) is 10.1 Å². The van der Waals surface area contributed by atoms with Gasteiger partial charge < -0.3 is 4.74 Å². The van der Waals surface area contributed by atoms with E-state index in [-0.39, 0.29) is 0 Å². The summed E-state index contributed by atoms with van der Waals surface area (Å²) in [5, 5.41) is 10.5. The van der Waals surface area contributed by atoms with Crippen LogP contribution >= 0.6 is 22.6 Å². The van der Waals surface area contributed by atoms with Gasteiger partial charge in [0, 0.05) is 0 Å². The average Bonchev–Trinajstić information content (AvgIpc) is 2.17. The first-order valence-electron chi connectivity index (χ1n) is 4.00. The van der Waals surface area contributed by atoms with Gasteiger partial charge in [-0.1, -0.05) is 0 Å². The quantitative estimate of drug-likeness (QED) is 0.347. The number of hydrogen-bond donors (Lipinski definition) is 0. The molecule has 0 radical (unpaired) electrons. The first-order valence-corrected chi connectivity index (χ1v) is 5.08. The maximum atomic E-state index is 12.5. The molecule has 1 heterocycles. The van der Waals surface area contributed by atoms with Crippen molar-refractivity contribution in [2.45, 2.75) is 12.8 Å². The fraction of sp³-hybridized carbons (Fsp3) is 0.286. The molecule has 0 unspecified atom stereocenters. The average molecular weight is 384 g/mol. The van der Waals surface area contributed by atoms with Crippen LogP contribution in [-0.2, 0) is 0 Å². The number of halogens is 6. The minimum Gasteiger partial charge on any atom is -0.388 e. The fourth-order valence-corrected chi connectivity index (χ4v) is 1.67. The van der Waals surface area contributed by atoms with Crippen LogP contribution in [0.3, 0.4) is 0 Å². The lowest BCUT2D eigenvalue weighted by Crippen LogP contribution is -2.18. The first kappa shape index (κ1) is 14.8. The molecule has 0 spiro atoms. The van der Waals surface area contributed by atoms with Gasteiger partial charge in [-0.15, -0.1) is 13.2 Å². The van der Waals surface area contributed by atoms with Crippen LogP contribution < -0.4 is 4.74 Å². The summed E-state index contributed by atoms with van der Waals surface area (Å²) in [6, 6.07) is 0.334. The van der Waals surface area contributed by atoms with Crippen LogP contribution in [0.2, 0.25) is 0 Å². The molecule has 0 aliphatic heterocycles. The van der Waals surface area contributed by atoms with Crippen LogP contribution in [0.4, 0.5) is 27.6 Å². The molecule has 0 atom stereocenters. The predicted octanol–water partition coefficient (Wildman–Crippen LogP) is 3.43. The number of alkyl halides is 5. The molecule has 0 aromatic carbocycles. The van der Waals surface area contributed by atoms with E-state index in [1.807, 2.05) is 0 Å². The fourth-order valence-electron chi connectivity index (χ4n) is 0.960. The van der Waals surface area contributed by atoms with E-state index in [1.54, 1.807) is 0 Å². The van der Waals surface area contributed by atoms with Gasteiger partial charge in [0.2, 0.25) is 5.88 Å². The lowest BCUT2D eigenvalue weighted by atomic mass is 10.3. The van der Waals surface area contributed by atoms with Crippen molar-refractivity contribution >= 4 is 28.3 Å². The summed E-state index contributed by atoms with van der Waals surface area (Å²) in [6.07, 6.45) is -8.43. The van der Waals surface area contributed by atoms with Gasteiger partial charge >= 0.3 is 6.36 Å². The highest BCUT2D eigenvalue weighted by atomic mass is 127. The van der Waals surface area contributed by atoms with Crippen molar-refractivity contribution in [2.24, 2.45) is 0 Å². The van der Waals surface area contributed by atoms with Crippen molar-refractivity contribution in [1.82, 2.24) is 4.98 Å². The molecule has 0 saturated heterocycles. The van der Waals surface area contributed by atoms with E-state index < -0.39 is 38.5 Å². The van der Waals surface area contributed by atoms with Gasteiger partial charge in [0.15, 0.2) is 0 Å². The third kappa shape index (κ3) is 3.61. The summed E-state index contributed by atoms with van der Waals surface area (Å²) >= 11 is 1.20. The second-order valence-electron chi connectivity index (χ2n) is 2.78. The molecule has 1 rings (SSSR count). The molecule has 1 aromatic heterocycles. The van der Waals surface area contributed by atoms with E-state index >= 15 is 0 Å². The summed E-state index contributed by atoms with van der Waals surface area (Å²) in [4.78, 5) is 12.3. The Labute approximate surface area is 109 Å². The molecular formula is C7H2F5IN2O3. The third-order valence-corrected chi connectivity index (χ3v) is 2.67. The van der Waals surface area contributed by atoms with Gasteiger partial charge in [0.05, 0.1) is 11.0 Å².